The third-order valence-corrected chi connectivity index (χ3v) is 5.16. The smallest absolute Gasteiger partial charge is 0.335 e. The van der Waals surface area contributed by atoms with Gasteiger partial charge in [0.2, 0.25) is 0 Å². The molecule has 158 valence electrons. The van der Waals surface area contributed by atoms with Crippen molar-refractivity contribution in [2.24, 2.45) is 0 Å². The molecular weight excluding hydrogens is 401 g/mol. The second-order valence-corrected chi connectivity index (χ2v) is 7.55. The zero-order valence-corrected chi connectivity index (χ0v) is 17.0. The number of ether oxygens (including phenoxy) is 1. The molecule has 0 saturated heterocycles. The lowest BCUT2D eigenvalue weighted by Crippen LogP contribution is -2.34. The first-order chi connectivity index (χ1) is 14.8. The highest BCUT2D eigenvalue weighted by molar-refractivity contribution is 5.95. The monoisotopic (exact) mass is 421 g/mol. The van der Waals surface area contributed by atoms with E-state index < -0.39 is 11.4 Å². The molecule has 3 aromatic rings. The summed E-state index contributed by atoms with van der Waals surface area (Å²) in [6, 6.07) is 10.6. The first-order valence-corrected chi connectivity index (χ1v) is 9.80. The Morgan fingerprint density at radius 3 is 2.58 bits per heavy atom. The lowest BCUT2D eigenvalue weighted by Gasteiger charge is -2.15. The number of Topliss-reactive ketones (excluding diaryl/α,β-unsaturated/α-hetero) is 1. The quantitative estimate of drug-likeness (QED) is 0.635. The molecule has 4 rings (SSSR count). The van der Waals surface area contributed by atoms with E-state index in [9.17, 15) is 18.8 Å². The van der Waals surface area contributed by atoms with Crippen LogP contribution in [-0.4, -0.2) is 24.3 Å². The number of halogens is 1. The third kappa shape index (κ3) is 4.26. The van der Waals surface area contributed by atoms with Gasteiger partial charge in [0.15, 0.2) is 5.78 Å². The Labute approximate surface area is 177 Å². The van der Waals surface area contributed by atoms with E-state index in [1.807, 2.05) is 19.1 Å². The number of rotatable bonds is 5. The van der Waals surface area contributed by atoms with Crippen molar-refractivity contribution in [3.8, 4) is 16.9 Å². The topological polar surface area (TPSA) is 85.6 Å². The summed E-state index contributed by atoms with van der Waals surface area (Å²) in [5.41, 5.74) is 2.85. The predicted molar refractivity (Wildman–Crippen MR) is 112 cm³/mol. The van der Waals surface area contributed by atoms with Crippen molar-refractivity contribution in [3.63, 3.8) is 0 Å². The first kappa shape index (κ1) is 20.5. The summed E-state index contributed by atoms with van der Waals surface area (Å²) in [4.78, 5) is 35.1. The zero-order chi connectivity index (χ0) is 22.1. The number of nitrogens with one attached hydrogen (secondary N) is 1. The average molecular weight is 421 g/mol. The maximum Gasteiger partial charge on any atom is 0.335 e. The lowest BCUT2D eigenvalue weighted by molar-refractivity contribution is 0.0930. The minimum atomic E-state index is -0.532. The fourth-order valence-corrected chi connectivity index (χ4v) is 3.65. The summed E-state index contributed by atoms with van der Waals surface area (Å²) in [5.74, 6) is -0.428. The fraction of sp³-hybridized carbons (Fsp3) is 0.208. The molecule has 0 spiro atoms. The largest absolute Gasteiger partial charge is 0.487 e. The minimum Gasteiger partial charge on any atom is -0.487 e. The van der Waals surface area contributed by atoms with Crippen molar-refractivity contribution in [3.05, 3.63) is 87.2 Å². The number of fused-ring (bicyclic) bond motifs is 1. The molecule has 6 nitrogen and oxygen atoms in total. The highest BCUT2D eigenvalue weighted by atomic mass is 19.1. The van der Waals surface area contributed by atoms with Crippen LogP contribution in [0.3, 0.4) is 0 Å². The molecule has 0 aliphatic carbocycles. The molecule has 7 heteroatoms. The Hall–Kier alpha value is -3.74. The molecule has 1 aliphatic heterocycles. The van der Waals surface area contributed by atoms with E-state index in [1.165, 1.54) is 37.3 Å². The molecule has 2 aromatic carbocycles. The third-order valence-electron chi connectivity index (χ3n) is 5.16. The highest BCUT2D eigenvalue weighted by Gasteiger charge is 2.28. The van der Waals surface area contributed by atoms with Crippen molar-refractivity contribution >= 4 is 11.7 Å². The molecule has 1 aliphatic rings. The van der Waals surface area contributed by atoms with E-state index in [-0.39, 0.29) is 29.9 Å². The van der Waals surface area contributed by atoms with Gasteiger partial charge in [-0.2, -0.15) is 0 Å². The number of ketones is 1. The standard InChI is InChI=1S/C24H20FNO5/c1-13-7-17-9-18(11-26-24(29)16-4-6-22(28)30-12-16)31-23(17)20(8-13)19-10-15(14(2)27)3-5-21(19)25/h3-8,10,12,18H,9,11H2,1-2H3,(H,26,29). The van der Waals surface area contributed by atoms with Crippen LogP contribution in [0.5, 0.6) is 5.75 Å². The van der Waals surface area contributed by atoms with Gasteiger partial charge in [-0.3, -0.25) is 9.59 Å². The van der Waals surface area contributed by atoms with Crippen LogP contribution >= 0.6 is 0 Å². The lowest BCUT2D eigenvalue weighted by atomic mass is 9.95. The van der Waals surface area contributed by atoms with E-state index >= 15 is 0 Å². The van der Waals surface area contributed by atoms with Crippen LogP contribution in [0.15, 0.2) is 57.9 Å². The molecule has 2 heterocycles. The van der Waals surface area contributed by atoms with E-state index in [4.69, 9.17) is 9.15 Å². The van der Waals surface area contributed by atoms with Crippen LogP contribution in [0.1, 0.15) is 38.8 Å². The Morgan fingerprint density at radius 1 is 1.10 bits per heavy atom. The molecule has 1 aromatic heterocycles. The SMILES string of the molecule is CC(=O)c1ccc(F)c(-c2cc(C)cc3c2OC(CNC(=O)c2ccc(=O)oc2)C3)c1. The number of amides is 1. The van der Waals surface area contributed by atoms with Crippen LogP contribution in [-0.2, 0) is 6.42 Å². The van der Waals surface area contributed by atoms with E-state index in [0.29, 0.717) is 28.9 Å². The van der Waals surface area contributed by atoms with Crippen LogP contribution in [0.4, 0.5) is 4.39 Å². The van der Waals surface area contributed by atoms with Crippen molar-refractivity contribution in [2.75, 3.05) is 6.54 Å². The van der Waals surface area contributed by atoms with Crippen molar-refractivity contribution in [1.29, 1.82) is 0 Å². The molecule has 1 N–H and O–H groups in total. The molecule has 1 atom stereocenters. The maximum atomic E-state index is 14.6. The number of carbonyl (C=O) groups is 2. The van der Waals surface area contributed by atoms with Crippen LogP contribution in [0, 0.1) is 12.7 Å². The van der Waals surface area contributed by atoms with Gasteiger partial charge >= 0.3 is 5.63 Å². The van der Waals surface area contributed by atoms with Gasteiger partial charge in [-0.15, -0.1) is 0 Å². The first-order valence-electron chi connectivity index (χ1n) is 9.80. The molecule has 0 bridgehead atoms. The van der Waals surface area contributed by atoms with Gasteiger partial charge < -0.3 is 14.5 Å². The van der Waals surface area contributed by atoms with E-state index in [0.717, 1.165) is 17.4 Å². The van der Waals surface area contributed by atoms with Gasteiger partial charge in [0.25, 0.3) is 5.91 Å². The number of carbonyl (C=O) groups excluding carboxylic acids is 2. The maximum absolute atomic E-state index is 14.6. The number of aryl methyl sites for hydroxylation is 1. The molecule has 0 fully saturated rings. The number of hydrogen-bond acceptors (Lipinski definition) is 5. The Kier molecular flexibility index (Phi) is 5.42. The molecule has 31 heavy (non-hydrogen) atoms. The number of hydrogen-bond donors (Lipinski definition) is 1. The van der Waals surface area contributed by atoms with E-state index in [1.54, 1.807) is 0 Å². The summed E-state index contributed by atoms with van der Waals surface area (Å²) in [7, 11) is 0. The minimum absolute atomic E-state index is 0.149. The predicted octanol–water partition coefficient (Wildman–Crippen LogP) is 3.69. The Balaban J connectivity index is 1.56. The summed E-state index contributed by atoms with van der Waals surface area (Å²) < 4.78 is 25.4. The Bertz CT molecular complexity index is 1230. The van der Waals surface area contributed by atoms with E-state index in [2.05, 4.69) is 5.32 Å². The van der Waals surface area contributed by atoms with Crippen molar-refractivity contribution < 1.29 is 23.1 Å². The van der Waals surface area contributed by atoms with Gasteiger partial charge in [-0.25, -0.2) is 9.18 Å². The van der Waals surface area contributed by atoms with Gasteiger partial charge in [0, 0.05) is 29.2 Å². The molecule has 0 radical (unpaired) electrons. The summed E-state index contributed by atoms with van der Waals surface area (Å²) in [6.07, 6.45) is 1.31. The number of benzene rings is 2. The van der Waals surface area contributed by atoms with Gasteiger partial charge in [0.05, 0.1) is 12.1 Å². The van der Waals surface area contributed by atoms with Crippen LogP contribution in [0.25, 0.3) is 11.1 Å². The molecule has 1 amide bonds. The summed E-state index contributed by atoms with van der Waals surface area (Å²) >= 11 is 0. The second-order valence-electron chi connectivity index (χ2n) is 7.55. The van der Waals surface area contributed by atoms with Crippen molar-refractivity contribution in [2.45, 2.75) is 26.4 Å². The van der Waals surface area contributed by atoms with Gasteiger partial charge in [-0.1, -0.05) is 6.07 Å². The van der Waals surface area contributed by atoms with Crippen molar-refractivity contribution in [1.82, 2.24) is 5.32 Å². The highest BCUT2D eigenvalue weighted by Crippen LogP contribution is 2.41. The molecule has 1 unspecified atom stereocenters. The second kappa shape index (κ2) is 8.18. The summed E-state index contributed by atoms with van der Waals surface area (Å²) in [6.45, 7) is 3.57. The Morgan fingerprint density at radius 2 is 1.87 bits per heavy atom. The van der Waals surface area contributed by atoms with Crippen LogP contribution in [0.2, 0.25) is 0 Å². The fourth-order valence-electron chi connectivity index (χ4n) is 3.65. The van der Waals surface area contributed by atoms with Gasteiger partial charge in [0.1, 0.15) is 23.9 Å². The average Bonchev–Trinajstić information content (AvgIpc) is 3.15. The zero-order valence-electron chi connectivity index (χ0n) is 17.0. The molecular formula is C24H20FNO5. The molecule has 0 saturated carbocycles. The van der Waals surface area contributed by atoms with Crippen LogP contribution < -0.4 is 15.7 Å². The van der Waals surface area contributed by atoms with Gasteiger partial charge in [-0.05, 0) is 55.3 Å². The summed E-state index contributed by atoms with van der Waals surface area (Å²) in [5, 5.41) is 2.76. The normalized spacial score (nSPS) is 14.6.